The zero-order chi connectivity index (χ0) is 20.1. The van der Waals surface area contributed by atoms with Crippen LogP contribution in [0.2, 0.25) is 0 Å². The highest BCUT2D eigenvalue weighted by molar-refractivity contribution is 5.91. The van der Waals surface area contributed by atoms with Gasteiger partial charge in [0.2, 0.25) is 5.91 Å². The third kappa shape index (κ3) is 4.55. The summed E-state index contributed by atoms with van der Waals surface area (Å²) < 4.78 is 46.2. The summed E-state index contributed by atoms with van der Waals surface area (Å²) in [6.45, 7) is 1.54. The van der Waals surface area contributed by atoms with E-state index in [1.807, 2.05) is 0 Å². The molecule has 1 amide bonds. The molecule has 0 saturated heterocycles. The molecule has 1 atom stereocenters. The fraction of sp³-hybridized carbons (Fsp3) is 0.278. The zero-order valence-electron chi connectivity index (χ0n) is 14.7. The first-order chi connectivity index (χ1) is 12.7. The van der Waals surface area contributed by atoms with Crippen molar-refractivity contribution in [2.45, 2.75) is 25.2 Å². The van der Waals surface area contributed by atoms with Gasteiger partial charge < -0.3 is 4.74 Å². The highest BCUT2D eigenvalue weighted by atomic mass is 19.4. The van der Waals surface area contributed by atoms with Gasteiger partial charge in [-0.2, -0.15) is 13.2 Å². The molecule has 0 fully saturated rings. The number of rotatable bonds is 6. The molecule has 0 bridgehead atoms. The van der Waals surface area contributed by atoms with Crippen LogP contribution in [0, 0.1) is 6.92 Å². The highest BCUT2D eigenvalue weighted by Crippen LogP contribution is 2.32. The average molecular weight is 382 g/mol. The number of pyridine rings is 1. The van der Waals surface area contributed by atoms with Crippen LogP contribution in [-0.2, 0) is 20.7 Å². The molecule has 0 unspecified atom stereocenters. The molecule has 27 heavy (non-hydrogen) atoms. The number of aromatic amines is 1. The van der Waals surface area contributed by atoms with E-state index in [9.17, 15) is 22.8 Å². The number of halogens is 3. The monoisotopic (exact) mass is 382 g/mol. The summed E-state index contributed by atoms with van der Waals surface area (Å²) in [5.74, 6) is -2.77. The topological polar surface area (TPSA) is 81.6 Å². The van der Waals surface area contributed by atoms with Gasteiger partial charge >= 0.3 is 17.8 Å². The Morgan fingerprint density at radius 2 is 1.78 bits per heavy atom. The predicted molar refractivity (Wildman–Crippen MR) is 90.4 cm³/mol. The summed E-state index contributed by atoms with van der Waals surface area (Å²) in [4.78, 5) is 27.0. The Hall–Kier alpha value is -3.10. The van der Waals surface area contributed by atoms with Crippen LogP contribution >= 0.6 is 0 Å². The van der Waals surface area contributed by atoms with Crippen molar-refractivity contribution >= 4 is 17.7 Å². The van der Waals surface area contributed by atoms with Crippen LogP contribution in [0.5, 0.6) is 0 Å². The second-order valence-electron chi connectivity index (χ2n) is 5.80. The van der Waals surface area contributed by atoms with Gasteiger partial charge in [0.15, 0.2) is 0 Å². The van der Waals surface area contributed by atoms with E-state index in [4.69, 9.17) is 0 Å². The van der Waals surface area contributed by atoms with Gasteiger partial charge in [-0.05, 0) is 24.6 Å². The fourth-order valence-electron chi connectivity index (χ4n) is 2.42. The second-order valence-corrected chi connectivity index (χ2v) is 5.80. The number of H-pyrrole nitrogens is 1. The molecule has 3 N–H and O–H groups in total. The zero-order valence-corrected chi connectivity index (χ0v) is 14.7. The van der Waals surface area contributed by atoms with Gasteiger partial charge in [-0.15, -0.1) is 0 Å². The number of hydrogen-bond acceptors (Lipinski definition) is 4. The molecule has 0 aliphatic heterocycles. The van der Waals surface area contributed by atoms with Crippen LogP contribution in [-0.4, -0.2) is 30.8 Å². The summed E-state index contributed by atoms with van der Waals surface area (Å²) in [5, 5.41) is 3.86. The van der Waals surface area contributed by atoms with E-state index in [2.05, 4.69) is 15.0 Å². The molecule has 144 valence electrons. The number of aryl methyl sites for hydroxylation is 1. The predicted octanol–water partition coefficient (Wildman–Crippen LogP) is 2.01. The summed E-state index contributed by atoms with van der Waals surface area (Å²) in [5.41, 5.74) is -2.54. The van der Waals surface area contributed by atoms with Crippen molar-refractivity contribution < 1.29 is 32.5 Å². The number of ether oxygens (including phenoxy) is 1. The maximum Gasteiger partial charge on any atom is 0.464 e. The van der Waals surface area contributed by atoms with Crippen LogP contribution in [0.1, 0.15) is 11.1 Å². The minimum Gasteiger partial charge on any atom is -0.464 e. The third-order valence-electron chi connectivity index (χ3n) is 3.83. The molecule has 9 heteroatoms. The van der Waals surface area contributed by atoms with E-state index >= 15 is 0 Å². The Balaban J connectivity index is 2.40. The minimum absolute atomic E-state index is 0.0831. The number of anilines is 1. The molecule has 0 aliphatic carbocycles. The maximum absolute atomic E-state index is 13.9. The first-order valence-electron chi connectivity index (χ1n) is 7.95. The number of hydrogen-bond donors (Lipinski definition) is 2. The molecule has 0 aliphatic rings. The highest BCUT2D eigenvalue weighted by Gasteiger charge is 2.67. The number of nitrogens with one attached hydrogen (secondary N) is 3. The molecule has 2 rings (SSSR count). The summed E-state index contributed by atoms with van der Waals surface area (Å²) in [6, 6.07) is 11.3. The minimum atomic E-state index is -5.18. The Kier molecular flexibility index (Phi) is 6.04. The summed E-state index contributed by atoms with van der Waals surface area (Å²) >= 11 is 0. The number of aromatic nitrogens is 1. The molecule has 1 heterocycles. The number of carbonyl (C=O) groups is 2. The van der Waals surface area contributed by atoms with Crippen molar-refractivity contribution in [3.05, 3.63) is 59.8 Å². The van der Waals surface area contributed by atoms with Gasteiger partial charge in [0.1, 0.15) is 0 Å². The Morgan fingerprint density at radius 3 is 2.33 bits per heavy atom. The molecule has 1 aromatic carbocycles. The molecule has 2 aromatic rings. The fourth-order valence-corrected chi connectivity index (χ4v) is 2.42. The lowest BCUT2D eigenvalue weighted by molar-refractivity contribution is -0.363. The number of amides is 1. The van der Waals surface area contributed by atoms with E-state index in [1.54, 1.807) is 54.7 Å². The summed E-state index contributed by atoms with van der Waals surface area (Å²) in [6.07, 6.45) is -4.13. The Bertz CT molecular complexity index is 812. The second kappa shape index (κ2) is 8.07. The SMILES string of the molecule is COC(=O)[C@](NC(=O)Cc1ccccc1)(Nc1[nH+]cccc1C)C(F)(F)F. The quantitative estimate of drug-likeness (QED) is 0.592. The van der Waals surface area contributed by atoms with Crippen LogP contribution in [0.15, 0.2) is 48.7 Å². The summed E-state index contributed by atoms with van der Waals surface area (Å²) in [7, 11) is 0.815. The van der Waals surface area contributed by atoms with Crippen molar-refractivity contribution in [3.63, 3.8) is 0 Å². The molecule has 0 radical (unpaired) electrons. The van der Waals surface area contributed by atoms with E-state index in [0.29, 0.717) is 11.1 Å². The van der Waals surface area contributed by atoms with Crippen molar-refractivity contribution in [1.82, 2.24) is 5.32 Å². The first kappa shape index (κ1) is 20.2. The third-order valence-corrected chi connectivity index (χ3v) is 3.83. The lowest BCUT2D eigenvalue weighted by Gasteiger charge is -2.30. The normalized spacial score (nSPS) is 13.4. The van der Waals surface area contributed by atoms with Crippen molar-refractivity contribution in [1.29, 1.82) is 0 Å². The molecular formula is C18H19F3N3O3+. The lowest BCUT2D eigenvalue weighted by Crippen LogP contribution is -2.70. The molecule has 1 aromatic heterocycles. The van der Waals surface area contributed by atoms with Crippen LogP contribution < -0.4 is 15.6 Å². The Labute approximate surface area is 153 Å². The molecule has 0 saturated carbocycles. The molecular weight excluding hydrogens is 363 g/mol. The van der Waals surface area contributed by atoms with Crippen molar-refractivity contribution in [3.8, 4) is 0 Å². The van der Waals surface area contributed by atoms with Crippen molar-refractivity contribution in [2.75, 3.05) is 12.4 Å². The van der Waals surface area contributed by atoms with E-state index in [1.165, 1.54) is 6.20 Å². The van der Waals surface area contributed by atoms with Crippen LogP contribution in [0.3, 0.4) is 0 Å². The van der Waals surface area contributed by atoms with Gasteiger partial charge in [0.05, 0.1) is 19.7 Å². The number of carbonyl (C=O) groups excluding carboxylic acids is 2. The van der Waals surface area contributed by atoms with E-state index in [0.717, 1.165) is 7.11 Å². The van der Waals surface area contributed by atoms with Gasteiger partial charge in [0.25, 0.3) is 5.82 Å². The van der Waals surface area contributed by atoms with E-state index in [-0.39, 0.29) is 12.2 Å². The van der Waals surface area contributed by atoms with Crippen LogP contribution in [0.25, 0.3) is 0 Å². The number of methoxy groups -OCH3 is 1. The molecule has 6 nitrogen and oxygen atoms in total. The average Bonchev–Trinajstić information content (AvgIpc) is 2.62. The largest absolute Gasteiger partial charge is 0.464 e. The number of esters is 1. The number of benzene rings is 1. The first-order valence-corrected chi connectivity index (χ1v) is 7.95. The van der Waals surface area contributed by atoms with Gasteiger partial charge in [0, 0.05) is 5.56 Å². The van der Waals surface area contributed by atoms with Gasteiger partial charge in [-0.3, -0.25) is 10.1 Å². The molecule has 0 spiro atoms. The standard InChI is InChI=1S/C18H18F3N3O3/c1-12-7-6-10-22-15(12)24-17(16(26)27-2,18(19,20)21)23-14(25)11-13-8-4-3-5-9-13/h3-10H,11H2,1-2H3,(H,22,24)(H,23,25)/p+1/t17-/m0/s1. The number of alkyl halides is 3. The van der Waals surface area contributed by atoms with Crippen LogP contribution in [0.4, 0.5) is 19.0 Å². The van der Waals surface area contributed by atoms with Crippen molar-refractivity contribution in [2.24, 2.45) is 0 Å². The Morgan fingerprint density at radius 1 is 1.11 bits per heavy atom. The van der Waals surface area contributed by atoms with Gasteiger partial charge in [-0.25, -0.2) is 15.1 Å². The van der Waals surface area contributed by atoms with E-state index < -0.39 is 23.7 Å². The smallest absolute Gasteiger partial charge is 0.464 e. The van der Waals surface area contributed by atoms with Gasteiger partial charge in [-0.1, -0.05) is 30.3 Å². The maximum atomic E-state index is 13.9. The lowest BCUT2D eigenvalue weighted by atomic mass is 10.1.